The lowest BCUT2D eigenvalue weighted by Crippen LogP contribution is -2.21. The van der Waals surface area contributed by atoms with Gasteiger partial charge in [-0.15, -0.1) is 0 Å². The van der Waals surface area contributed by atoms with E-state index in [2.05, 4.69) is 0 Å². The van der Waals surface area contributed by atoms with Crippen molar-refractivity contribution in [3.8, 4) is 5.75 Å². The monoisotopic (exact) mass is 256 g/mol. The average molecular weight is 256 g/mol. The molecule has 0 amide bonds. The fourth-order valence-electron chi connectivity index (χ4n) is 2.01. The molecule has 0 heterocycles. The van der Waals surface area contributed by atoms with E-state index in [1.165, 1.54) is 24.3 Å². The van der Waals surface area contributed by atoms with Gasteiger partial charge in [-0.25, -0.2) is 0 Å². The first-order valence-corrected chi connectivity index (χ1v) is 7.21. The summed E-state index contributed by atoms with van der Waals surface area (Å²) in [7, 11) is -3.69. The number of aromatic hydroxyl groups is 1. The highest BCUT2D eigenvalue weighted by atomic mass is 32.2. The Morgan fingerprint density at radius 3 is 2.24 bits per heavy atom. The van der Waals surface area contributed by atoms with Crippen LogP contribution in [0, 0.1) is 0 Å². The lowest BCUT2D eigenvalue weighted by molar-refractivity contribution is 0.162. The average Bonchev–Trinajstić information content (AvgIpc) is 2.30. The third kappa shape index (κ3) is 3.20. The third-order valence-corrected chi connectivity index (χ3v) is 4.32. The Hall–Kier alpha value is -1.07. The van der Waals surface area contributed by atoms with Crippen LogP contribution in [0.5, 0.6) is 5.75 Å². The van der Waals surface area contributed by atoms with Crippen LogP contribution in [0.2, 0.25) is 0 Å². The zero-order valence-corrected chi connectivity index (χ0v) is 10.3. The predicted molar refractivity (Wildman–Crippen MR) is 63.3 cm³/mol. The topological polar surface area (TPSA) is 63.6 Å². The second-order valence-corrected chi connectivity index (χ2v) is 5.88. The highest BCUT2D eigenvalue weighted by molar-refractivity contribution is 7.86. The molecule has 17 heavy (non-hydrogen) atoms. The quantitative estimate of drug-likeness (QED) is 0.844. The van der Waals surface area contributed by atoms with Crippen molar-refractivity contribution in [3.05, 3.63) is 24.3 Å². The van der Waals surface area contributed by atoms with Crippen LogP contribution in [0.25, 0.3) is 0 Å². The van der Waals surface area contributed by atoms with Gasteiger partial charge in [-0.05, 0) is 37.1 Å². The second-order valence-electron chi connectivity index (χ2n) is 4.30. The molecule has 0 aliphatic heterocycles. The lowest BCUT2D eigenvalue weighted by Gasteiger charge is -2.21. The first-order valence-electron chi connectivity index (χ1n) is 5.80. The number of benzene rings is 1. The molecule has 0 aromatic heterocycles. The maximum atomic E-state index is 11.9. The normalized spacial score (nSPS) is 18.1. The smallest absolute Gasteiger partial charge is 0.297 e. The summed E-state index contributed by atoms with van der Waals surface area (Å²) in [6.07, 6.45) is 4.61. The largest absolute Gasteiger partial charge is 0.508 e. The van der Waals surface area contributed by atoms with E-state index in [0.717, 1.165) is 32.1 Å². The molecule has 1 saturated carbocycles. The van der Waals surface area contributed by atoms with E-state index >= 15 is 0 Å². The van der Waals surface area contributed by atoms with E-state index < -0.39 is 10.1 Å². The van der Waals surface area contributed by atoms with E-state index in [1.807, 2.05) is 0 Å². The molecule has 1 aliphatic carbocycles. The van der Waals surface area contributed by atoms with Gasteiger partial charge in [0.1, 0.15) is 5.75 Å². The summed E-state index contributed by atoms with van der Waals surface area (Å²) in [5.74, 6) is 0.0432. The van der Waals surface area contributed by atoms with E-state index in [0.29, 0.717) is 0 Å². The summed E-state index contributed by atoms with van der Waals surface area (Å²) >= 11 is 0. The van der Waals surface area contributed by atoms with Crippen molar-refractivity contribution >= 4 is 10.1 Å². The molecule has 0 atom stereocenters. The van der Waals surface area contributed by atoms with Gasteiger partial charge in [-0.3, -0.25) is 4.18 Å². The minimum atomic E-state index is -3.69. The van der Waals surface area contributed by atoms with Crippen molar-refractivity contribution in [1.82, 2.24) is 0 Å². The Morgan fingerprint density at radius 1 is 1.06 bits per heavy atom. The second kappa shape index (κ2) is 5.06. The molecular formula is C12H16O4S. The minimum absolute atomic E-state index is 0.0432. The molecule has 0 saturated heterocycles. The molecule has 5 heteroatoms. The Bertz CT molecular complexity index is 458. The Labute approximate surface area is 101 Å². The molecule has 1 aliphatic rings. The zero-order valence-electron chi connectivity index (χ0n) is 9.50. The van der Waals surface area contributed by atoms with Crippen LogP contribution in [0.15, 0.2) is 29.2 Å². The molecule has 0 bridgehead atoms. The van der Waals surface area contributed by atoms with Crippen molar-refractivity contribution in [1.29, 1.82) is 0 Å². The van der Waals surface area contributed by atoms with Crippen LogP contribution in [0.1, 0.15) is 32.1 Å². The van der Waals surface area contributed by atoms with Gasteiger partial charge in [0.2, 0.25) is 0 Å². The van der Waals surface area contributed by atoms with Crippen molar-refractivity contribution < 1.29 is 17.7 Å². The molecule has 1 N–H and O–H groups in total. The standard InChI is InChI=1S/C12H16O4S/c13-10-6-8-12(9-7-10)17(14,15)16-11-4-2-1-3-5-11/h6-9,11,13H,1-5H2. The first-order chi connectivity index (χ1) is 8.08. The fourth-order valence-corrected chi connectivity index (χ4v) is 3.14. The number of phenolic OH excluding ortho intramolecular Hbond substituents is 1. The molecule has 0 spiro atoms. The molecule has 1 aromatic rings. The SMILES string of the molecule is O=S(=O)(OC1CCCCC1)c1ccc(O)cc1. The summed E-state index contributed by atoms with van der Waals surface area (Å²) in [6.45, 7) is 0. The van der Waals surface area contributed by atoms with Gasteiger partial charge in [-0.2, -0.15) is 8.42 Å². The predicted octanol–water partition coefficient (Wildman–Crippen LogP) is 2.43. The maximum absolute atomic E-state index is 11.9. The van der Waals surface area contributed by atoms with E-state index in [1.54, 1.807) is 0 Å². The highest BCUT2D eigenvalue weighted by Gasteiger charge is 2.23. The Kier molecular flexibility index (Phi) is 3.69. The Balaban J connectivity index is 2.10. The molecule has 4 nitrogen and oxygen atoms in total. The molecule has 94 valence electrons. The van der Waals surface area contributed by atoms with Crippen LogP contribution in [0.3, 0.4) is 0 Å². The summed E-state index contributed by atoms with van der Waals surface area (Å²) in [4.78, 5) is 0.0980. The van der Waals surface area contributed by atoms with Crippen LogP contribution in [-0.2, 0) is 14.3 Å². The number of phenols is 1. The van der Waals surface area contributed by atoms with E-state index in [-0.39, 0.29) is 16.7 Å². The van der Waals surface area contributed by atoms with Gasteiger partial charge in [-0.1, -0.05) is 19.3 Å². The molecule has 1 fully saturated rings. The first kappa shape index (κ1) is 12.4. The lowest BCUT2D eigenvalue weighted by atomic mass is 9.98. The third-order valence-electron chi connectivity index (χ3n) is 2.94. The van der Waals surface area contributed by atoms with Crippen molar-refractivity contribution in [2.75, 3.05) is 0 Å². The minimum Gasteiger partial charge on any atom is -0.508 e. The van der Waals surface area contributed by atoms with Gasteiger partial charge in [0.15, 0.2) is 0 Å². The summed E-state index contributed by atoms with van der Waals surface area (Å²) in [5.41, 5.74) is 0. The number of hydrogen-bond acceptors (Lipinski definition) is 4. The van der Waals surface area contributed by atoms with Gasteiger partial charge < -0.3 is 5.11 Å². The number of rotatable bonds is 3. The van der Waals surface area contributed by atoms with Gasteiger partial charge in [0.25, 0.3) is 10.1 Å². The van der Waals surface area contributed by atoms with Crippen LogP contribution < -0.4 is 0 Å². The maximum Gasteiger partial charge on any atom is 0.297 e. The molecular weight excluding hydrogens is 240 g/mol. The zero-order chi connectivity index (χ0) is 12.3. The molecule has 1 aromatic carbocycles. The van der Waals surface area contributed by atoms with Crippen molar-refractivity contribution in [3.63, 3.8) is 0 Å². The van der Waals surface area contributed by atoms with Gasteiger partial charge in [0, 0.05) is 0 Å². The van der Waals surface area contributed by atoms with Crippen LogP contribution >= 0.6 is 0 Å². The van der Waals surface area contributed by atoms with E-state index in [4.69, 9.17) is 9.29 Å². The highest BCUT2D eigenvalue weighted by Crippen LogP contribution is 2.25. The van der Waals surface area contributed by atoms with Crippen molar-refractivity contribution in [2.24, 2.45) is 0 Å². The molecule has 2 rings (SSSR count). The summed E-state index contributed by atoms with van der Waals surface area (Å²) in [5, 5.41) is 9.11. The molecule has 0 radical (unpaired) electrons. The molecule has 0 unspecified atom stereocenters. The summed E-state index contributed by atoms with van der Waals surface area (Å²) < 4.78 is 29.0. The van der Waals surface area contributed by atoms with E-state index in [9.17, 15) is 8.42 Å². The van der Waals surface area contributed by atoms with Crippen LogP contribution in [0.4, 0.5) is 0 Å². The Morgan fingerprint density at radius 2 is 1.65 bits per heavy atom. The summed E-state index contributed by atoms with van der Waals surface area (Å²) in [6, 6.07) is 5.40. The van der Waals surface area contributed by atoms with Gasteiger partial charge >= 0.3 is 0 Å². The fraction of sp³-hybridized carbons (Fsp3) is 0.500. The van der Waals surface area contributed by atoms with Crippen molar-refractivity contribution in [2.45, 2.75) is 43.1 Å². The number of hydrogen-bond donors (Lipinski definition) is 1. The van der Waals surface area contributed by atoms with Gasteiger partial charge in [0.05, 0.1) is 11.0 Å². The van der Waals surface area contributed by atoms with Crippen LogP contribution in [-0.4, -0.2) is 19.6 Å².